The van der Waals surface area contributed by atoms with Crippen molar-refractivity contribution in [3.05, 3.63) is 46.1 Å². The Kier molecular flexibility index (Phi) is 5.73. The molecule has 2 heterocycles. The first-order valence-corrected chi connectivity index (χ1v) is 8.61. The molecule has 7 nitrogen and oxygen atoms in total. The number of nitrogens with zero attached hydrogens (tertiary/aromatic N) is 3. The van der Waals surface area contributed by atoms with Crippen LogP contribution in [0.5, 0.6) is 0 Å². The molecule has 0 saturated heterocycles. The van der Waals surface area contributed by atoms with E-state index in [-0.39, 0.29) is 12.3 Å². The summed E-state index contributed by atoms with van der Waals surface area (Å²) in [4.78, 5) is 12.0. The zero-order chi connectivity index (χ0) is 18.7. The van der Waals surface area contributed by atoms with Crippen molar-refractivity contribution in [2.45, 2.75) is 13.0 Å². The van der Waals surface area contributed by atoms with E-state index in [1.165, 1.54) is 7.11 Å². The van der Waals surface area contributed by atoms with Crippen molar-refractivity contribution in [1.29, 1.82) is 0 Å². The Morgan fingerprint density at radius 2 is 2.08 bits per heavy atom. The summed E-state index contributed by atoms with van der Waals surface area (Å²) in [5.41, 5.74) is 8.91. The van der Waals surface area contributed by atoms with Crippen LogP contribution in [-0.2, 0) is 16.1 Å². The SMILES string of the molecule is COCCC(=O)Nc1nnc2cc(CN)c(-c3ccc(Cl)cc3Cl)cn12. The Morgan fingerprint density at radius 1 is 1.27 bits per heavy atom. The van der Waals surface area contributed by atoms with Crippen LogP contribution in [0, 0.1) is 0 Å². The second kappa shape index (κ2) is 8.01. The highest BCUT2D eigenvalue weighted by Crippen LogP contribution is 2.33. The molecular weight excluding hydrogens is 377 g/mol. The standard InChI is InChI=1S/C17H17Cl2N5O2/c1-26-5-4-16(25)21-17-23-22-15-6-10(8-20)13(9-24(15)17)12-3-2-11(18)7-14(12)19/h2-3,6-7,9H,4-5,8,20H2,1H3,(H,21,23,25). The molecule has 0 aliphatic carbocycles. The molecule has 0 bridgehead atoms. The summed E-state index contributed by atoms with van der Waals surface area (Å²) in [7, 11) is 1.54. The molecule has 9 heteroatoms. The van der Waals surface area contributed by atoms with Gasteiger partial charge < -0.3 is 10.5 Å². The van der Waals surface area contributed by atoms with Gasteiger partial charge in [-0.2, -0.15) is 0 Å². The van der Waals surface area contributed by atoms with Crippen LogP contribution in [0.2, 0.25) is 10.0 Å². The molecule has 26 heavy (non-hydrogen) atoms. The maximum absolute atomic E-state index is 12.0. The molecule has 0 atom stereocenters. The Bertz CT molecular complexity index is 958. The highest BCUT2D eigenvalue weighted by atomic mass is 35.5. The number of hydrogen-bond acceptors (Lipinski definition) is 5. The first-order chi connectivity index (χ1) is 12.5. The summed E-state index contributed by atoms with van der Waals surface area (Å²) in [6.07, 6.45) is 2.03. The molecule has 3 N–H and O–H groups in total. The van der Waals surface area contributed by atoms with E-state index in [0.717, 1.165) is 16.7 Å². The van der Waals surface area contributed by atoms with Crippen LogP contribution in [0.4, 0.5) is 5.95 Å². The van der Waals surface area contributed by atoms with Crippen molar-refractivity contribution in [2.75, 3.05) is 19.0 Å². The molecule has 3 rings (SSSR count). The first-order valence-electron chi connectivity index (χ1n) is 7.85. The average molecular weight is 394 g/mol. The molecule has 0 radical (unpaired) electrons. The van der Waals surface area contributed by atoms with Crippen LogP contribution in [-0.4, -0.2) is 34.2 Å². The number of anilines is 1. The fraction of sp³-hybridized carbons (Fsp3) is 0.235. The zero-order valence-corrected chi connectivity index (χ0v) is 15.5. The average Bonchev–Trinajstić information content (AvgIpc) is 3.00. The molecule has 3 aromatic rings. The lowest BCUT2D eigenvalue weighted by Crippen LogP contribution is -2.15. The van der Waals surface area contributed by atoms with Crippen LogP contribution in [0.1, 0.15) is 12.0 Å². The Morgan fingerprint density at radius 3 is 2.77 bits per heavy atom. The number of rotatable bonds is 6. The number of benzene rings is 1. The minimum atomic E-state index is -0.213. The second-order valence-corrected chi connectivity index (χ2v) is 6.43. The third-order valence-corrected chi connectivity index (χ3v) is 4.40. The van der Waals surface area contributed by atoms with Gasteiger partial charge in [-0.3, -0.25) is 14.5 Å². The molecule has 0 saturated carbocycles. The van der Waals surface area contributed by atoms with E-state index >= 15 is 0 Å². The predicted molar refractivity (Wildman–Crippen MR) is 101 cm³/mol. The smallest absolute Gasteiger partial charge is 0.235 e. The molecule has 0 spiro atoms. The lowest BCUT2D eigenvalue weighted by molar-refractivity contribution is -0.117. The summed E-state index contributed by atoms with van der Waals surface area (Å²) in [6, 6.07) is 7.07. The number of hydrogen-bond donors (Lipinski definition) is 2. The third-order valence-electron chi connectivity index (χ3n) is 3.86. The minimum absolute atomic E-state index is 0.213. The van der Waals surface area contributed by atoms with Crippen LogP contribution in [0.15, 0.2) is 30.5 Å². The van der Waals surface area contributed by atoms with E-state index < -0.39 is 0 Å². The lowest BCUT2D eigenvalue weighted by Gasteiger charge is -2.12. The molecular formula is C17H17Cl2N5O2. The van der Waals surface area contributed by atoms with Gasteiger partial charge >= 0.3 is 0 Å². The van der Waals surface area contributed by atoms with Crippen molar-refractivity contribution in [3.63, 3.8) is 0 Å². The largest absolute Gasteiger partial charge is 0.384 e. The first kappa shape index (κ1) is 18.6. The minimum Gasteiger partial charge on any atom is -0.384 e. The van der Waals surface area contributed by atoms with Gasteiger partial charge in [-0.05, 0) is 23.8 Å². The van der Waals surface area contributed by atoms with Gasteiger partial charge in [0.15, 0.2) is 5.65 Å². The number of amides is 1. The van der Waals surface area contributed by atoms with Crippen LogP contribution < -0.4 is 11.1 Å². The van der Waals surface area contributed by atoms with Gasteiger partial charge in [0.05, 0.1) is 13.0 Å². The van der Waals surface area contributed by atoms with Crippen molar-refractivity contribution in [1.82, 2.24) is 14.6 Å². The van der Waals surface area contributed by atoms with Crippen molar-refractivity contribution < 1.29 is 9.53 Å². The zero-order valence-electron chi connectivity index (χ0n) is 14.0. The van der Waals surface area contributed by atoms with Crippen molar-refractivity contribution in [2.24, 2.45) is 5.73 Å². The number of halogens is 2. The molecule has 0 fully saturated rings. The van der Waals surface area contributed by atoms with Crippen LogP contribution in [0.3, 0.4) is 0 Å². The normalized spacial score (nSPS) is 11.1. The quantitative estimate of drug-likeness (QED) is 0.670. The summed E-state index contributed by atoms with van der Waals surface area (Å²) >= 11 is 12.3. The Hall–Kier alpha value is -2.19. The fourth-order valence-electron chi connectivity index (χ4n) is 2.56. The van der Waals surface area contributed by atoms with E-state index in [0.29, 0.717) is 34.8 Å². The monoisotopic (exact) mass is 393 g/mol. The predicted octanol–water partition coefficient (Wildman–Crippen LogP) is 3.14. The van der Waals surface area contributed by atoms with E-state index in [1.807, 2.05) is 12.1 Å². The van der Waals surface area contributed by atoms with Gasteiger partial charge in [-0.15, -0.1) is 10.2 Å². The number of aromatic nitrogens is 3. The second-order valence-electron chi connectivity index (χ2n) is 5.58. The van der Waals surface area contributed by atoms with Gasteiger partial charge in [0, 0.05) is 41.0 Å². The number of carbonyl (C=O) groups excluding carboxylic acids is 1. The molecule has 136 valence electrons. The molecule has 0 aliphatic heterocycles. The molecule has 1 amide bonds. The van der Waals surface area contributed by atoms with Gasteiger partial charge in [-0.1, -0.05) is 29.3 Å². The molecule has 2 aromatic heterocycles. The summed E-state index contributed by atoms with van der Waals surface area (Å²) < 4.78 is 6.59. The summed E-state index contributed by atoms with van der Waals surface area (Å²) in [6.45, 7) is 0.624. The Balaban J connectivity index is 2.05. The van der Waals surface area contributed by atoms with Gasteiger partial charge in [-0.25, -0.2) is 0 Å². The summed E-state index contributed by atoms with van der Waals surface area (Å²) in [5.74, 6) is 0.103. The molecule has 0 aliphatic rings. The van der Waals surface area contributed by atoms with Crippen LogP contribution in [0.25, 0.3) is 16.8 Å². The topological polar surface area (TPSA) is 94.5 Å². The fourth-order valence-corrected chi connectivity index (χ4v) is 3.07. The number of methoxy groups -OCH3 is 1. The van der Waals surface area contributed by atoms with E-state index in [1.54, 1.807) is 22.7 Å². The number of nitrogens with one attached hydrogen (secondary N) is 1. The maximum Gasteiger partial charge on any atom is 0.235 e. The number of nitrogens with two attached hydrogens (primary N) is 1. The third kappa shape index (κ3) is 3.81. The van der Waals surface area contributed by atoms with E-state index in [2.05, 4.69) is 15.5 Å². The number of pyridine rings is 1. The Labute approximate surface area is 160 Å². The summed E-state index contributed by atoms with van der Waals surface area (Å²) in [5, 5.41) is 11.9. The molecule has 0 unspecified atom stereocenters. The van der Waals surface area contributed by atoms with Gasteiger partial charge in [0.25, 0.3) is 0 Å². The van der Waals surface area contributed by atoms with E-state index in [4.69, 9.17) is 33.7 Å². The number of ether oxygens (including phenoxy) is 1. The maximum atomic E-state index is 12.0. The van der Waals surface area contributed by atoms with E-state index in [9.17, 15) is 4.79 Å². The van der Waals surface area contributed by atoms with Crippen molar-refractivity contribution in [3.8, 4) is 11.1 Å². The highest BCUT2D eigenvalue weighted by Gasteiger charge is 2.15. The number of fused-ring (bicyclic) bond motifs is 1. The highest BCUT2D eigenvalue weighted by molar-refractivity contribution is 6.36. The van der Waals surface area contributed by atoms with Gasteiger partial charge in [0.1, 0.15) is 0 Å². The van der Waals surface area contributed by atoms with Crippen LogP contribution >= 0.6 is 23.2 Å². The molecule has 1 aromatic carbocycles. The van der Waals surface area contributed by atoms with Gasteiger partial charge in [0.2, 0.25) is 11.9 Å². The van der Waals surface area contributed by atoms with Crippen molar-refractivity contribution >= 4 is 40.7 Å². The number of carbonyl (C=O) groups is 1. The lowest BCUT2D eigenvalue weighted by atomic mass is 10.0.